The number of ether oxygens (including phenoxy) is 2. The maximum Gasteiger partial charge on any atom is 0.267 e. The van der Waals surface area contributed by atoms with Gasteiger partial charge in [-0.1, -0.05) is 12.1 Å². The number of nitrogens with one attached hydrogen (secondary N) is 1. The highest BCUT2D eigenvalue weighted by Gasteiger charge is 2.30. The number of benzene rings is 1. The zero-order chi connectivity index (χ0) is 14.7. The van der Waals surface area contributed by atoms with Crippen molar-refractivity contribution in [2.24, 2.45) is 5.92 Å². The third-order valence-electron chi connectivity index (χ3n) is 4.09. The topological polar surface area (TPSA) is 50.8 Å². The maximum absolute atomic E-state index is 12.5. The van der Waals surface area contributed by atoms with E-state index in [4.69, 9.17) is 9.47 Å². The fourth-order valence-electron chi connectivity index (χ4n) is 2.94. The molecule has 0 saturated carbocycles. The minimum atomic E-state index is -0.540. The summed E-state index contributed by atoms with van der Waals surface area (Å²) in [6, 6.07) is 7.46. The van der Waals surface area contributed by atoms with Crippen molar-refractivity contribution < 1.29 is 14.3 Å². The van der Waals surface area contributed by atoms with Gasteiger partial charge in [0.25, 0.3) is 5.91 Å². The van der Waals surface area contributed by atoms with Gasteiger partial charge in [-0.3, -0.25) is 4.79 Å². The van der Waals surface area contributed by atoms with Crippen LogP contribution in [0.15, 0.2) is 24.3 Å². The summed E-state index contributed by atoms with van der Waals surface area (Å²) in [6.07, 6.45) is 1.82. The molecular formula is C16H22N2O3. The zero-order valence-corrected chi connectivity index (χ0v) is 12.4. The van der Waals surface area contributed by atoms with Crippen LogP contribution in [0.4, 0.5) is 0 Å². The van der Waals surface area contributed by atoms with E-state index in [2.05, 4.69) is 5.32 Å². The van der Waals surface area contributed by atoms with E-state index in [-0.39, 0.29) is 12.5 Å². The summed E-state index contributed by atoms with van der Waals surface area (Å²) < 4.78 is 11.4. The molecule has 0 aromatic heterocycles. The molecule has 0 bridgehead atoms. The van der Waals surface area contributed by atoms with Gasteiger partial charge in [0, 0.05) is 13.6 Å². The van der Waals surface area contributed by atoms with Crippen LogP contribution in [0.25, 0.3) is 0 Å². The molecule has 0 spiro atoms. The number of amides is 1. The van der Waals surface area contributed by atoms with Crippen molar-refractivity contribution in [3.63, 3.8) is 0 Å². The number of likely N-dealkylation sites (N-methyl/N-ethyl adjacent to an activating group) is 1. The van der Waals surface area contributed by atoms with E-state index in [1.165, 1.54) is 12.8 Å². The van der Waals surface area contributed by atoms with Gasteiger partial charge in [-0.05, 0) is 44.0 Å². The number of hydrogen-bond donors (Lipinski definition) is 1. The molecule has 2 heterocycles. The van der Waals surface area contributed by atoms with Gasteiger partial charge < -0.3 is 19.7 Å². The summed E-state index contributed by atoms with van der Waals surface area (Å²) in [7, 11) is 1.85. The molecular weight excluding hydrogens is 268 g/mol. The lowest BCUT2D eigenvalue weighted by atomic mass is 9.99. The van der Waals surface area contributed by atoms with Gasteiger partial charge in [-0.15, -0.1) is 0 Å². The molecule has 0 radical (unpaired) electrons. The van der Waals surface area contributed by atoms with Gasteiger partial charge in [0.2, 0.25) is 6.10 Å². The third kappa shape index (κ3) is 3.29. The minimum absolute atomic E-state index is 0.00456. The first-order chi connectivity index (χ1) is 10.2. The normalized spacial score (nSPS) is 24.4. The number of rotatable bonds is 3. The summed E-state index contributed by atoms with van der Waals surface area (Å²) in [5.41, 5.74) is 0. The highest BCUT2D eigenvalue weighted by Crippen LogP contribution is 2.31. The number of para-hydroxylation sites is 2. The van der Waals surface area contributed by atoms with Crippen molar-refractivity contribution in [2.45, 2.75) is 18.9 Å². The van der Waals surface area contributed by atoms with E-state index in [1.54, 1.807) is 4.90 Å². The Morgan fingerprint density at radius 2 is 2.19 bits per heavy atom. The van der Waals surface area contributed by atoms with Crippen molar-refractivity contribution in [3.8, 4) is 11.5 Å². The van der Waals surface area contributed by atoms with E-state index in [1.807, 2.05) is 31.3 Å². The largest absolute Gasteiger partial charge is 0.485 e. The molecule has 5 nitrogen and oxygen atoms in total. The lowest BCUT2D eigenvalue weighted by Gasteiger charge is -2.31. The molecule has 0 aliphatic carbocycles. The Balaban J connectivity index is 1.58. The smallest absolute Gasteiger partial charge is 0.267 e. The molecule has 1 saturated heterocycles. The standard InChI is InChI=1S/C16H22N2O3/c1-18(10-12-5-4-8-17-9-12)16(19)15-11-20-13-6-2-3-7-14(13)21-15/h2-3,6-7,12,15,17H,4-5,8-11H2,1H3/t12-,15-/m1/s1. The Morgan fingerprint density at radius 1 is 1.38 bits per heavy atom. The van der Waals surface area contributed by atoms with Gasteiger partial charge in [0.1, 0.15) is 6.61 Å². The van der Waals surface area contributed by atoms with Gasteiger partial charge >= 0.3 is 0 Å². The van der Waals surface area contributed by atoms with Gasteiger partial charge in [-0.2, -0.15) is 0 Å². The van der Waals surface area contributed by atoms with E-state index < -0.39 is 6.10 Å². The third-order valence-corrected chi connectivity index (χ3v) is 4.09. The lowest BCUT2D eigenvalue weighted by molar-refractivity contribution is -0.140. The Bertz CT molecular complexity index is 500. The minimum Gasteiger partial charge on any atom is -0.485 e. The van der Waals surface area contributed by atoms with Crippen LogP contribution in [0.3, 0.4) is 0 Å². The molecule has 1 amide bonds. The first-order valence-corrected chi connectivity index (χ1v) is 7.58. The highest BCUT2D eigenvalue weighted by molar-refractivity contribution is 5.81. The van der Waals surface area contributed by atoms with Gasteiger partial charge in [0.15, 0.2) is 11.5 Å². The molecule has 2 atom stereocenters. The Labute approximate surface area is 125 Å². The van der Waals surface area contributed by atoms with E-state index in [9.17, 15) is 4.79 Å². The monoisotopic (exact) mass is 290 g/mol. The average molecular weight is 290 g/mol. The fourth-order valence-corrected chi connectivity index (χ4v) is 2.94. The molecule has 1 aromatic carbocycles. The first kappa shape index (κ1) is 14.2. The molecule has 0 unspecified atom stereocenters. The van der Waals surface area contributed by atoms with Gasteiger partial charge in [0.05, 0.1) is 0 Å². The fraction of sp³-hybridized carbons (Fsp3) is 0.562. The van der Waals surface area contributed by atoms with Crippen LogP contribution < -0.4 is 14.8 Å². The lowest BCUT2D eigenvalue weighted by Crippen LogP contribution is -2.47. The van der Waals surface area contributed by atoms with Crippen LogP contribution in [0, 0.1) is 5.92 Å². The second kappa shape index (κ2) is 6.35. The van der Waals surface area contributed by atoms with Crippen LogP contribution in [0.1, 0.15) is 12.8 Å². The van der Waals surface area contributed by atoms with E-state index in [0.29, 0.717) is 17.4 Å². The number of carbonyl (C=O) groups is 1. The van der Waals surface area contributed by atoms with Gasteiger partial charge in [-0.25, -0.2) is 0 Å². The molecule has 5 heteroatoms. The summed E-state index contributed by atoms with van der Waals surface area (Å²) in [6.45, 7) is 3.13. The van der Waals surface area contributed by atoms with Crippen LogP contribution in [-0.4, -0.2) is 50.2 Å². The van der Waals surface area contributed by atoms with Crippen molar-refractivity contribution in [1.29, 1.82) is 0 Å². The van der Waals surface area contributed by atoms with Crippen molar-refractivity contribution in [3.05, 3.63) is 24.3 Å². The molecule has 21 heavy (non-hydrogen) atoms. The van der Waals surface area contributed by atoms with E-state index in [0.717, 1.165) is 19.6 Å². The summed E-state index contributed by atoms with van der Waals surface area (Å²) >= 11 is 0. The molecule has 2 aliphatic heterocycles. The molecule has 3 rings (SSSR count). The number of carbonyl (C=O) groups excluding carboxylic acids is 1. The summed E-state index contributed by atoms with van der Waals surface area (Å²) in [5.74, 6) is 1.88. The highest BCUT2D eigenvalue weighted by atomic mass is 16.6. The second-order valence-corrected chi connectivity index (χ2v) is 5.80. The predicted octanol–water partition coefficient (Wildman–Crippen LogP) is 1.28. The maximum atomic E-state index is 12.5. The SMILES string of the molecule is CN(C[C@@H]1CCCNC1)C(=O)[C@H]1COc2ccccc2O1. The van der Waals surface area contributed by atoms with Crippen LogP contribution >= 0.6 is 0 Å². The second-order valence-electron chi connectivity index (χ2n) is 5.80. The van der Waals surface area contributed by atoms with Crippen LogP contribution in [0.5, 0.6) is 11.5 Å². The average Bonchev–Trinajstić information content (AvgIpc) is 2.54. The number of hydrogen-bond acceptors (Lipinski definition) is 4. The quantitative estimate of drug-likeness (QED) is 0.911. The Hall–Kier alpha value is -1.75. The summed E-state index contributed by atoms with van der Waals surface area (Å²) in [4.78, 5) is 14.3. The molecule has 114 valence electrons. The number of fused-ring (bicyclic) bond motifs is 1. The molecule has 1 aromatic rings. The summed E-state index contributed by atoms with van der Waals surface area (Å²) in [5, 5.41) is 3.38. The Morgan fingerprint density at radius 3 is 2.95 bits per heavy atom. The van der Waals surface area contributed by atoms with Crippen molar-refractivity contribution in [2.75, 3.05) is 33.3 Å². The number of nitrogens with zero attached hydrogens (tertiary/aromatic N) is 1. The van der Waals surface area contributed by atoms with Crippen LogP contribution in [0.2, 0.25) is 0 Å². The molecule has 1 N–H and O–H groups in total. The number of piperidine rings is 1. The zero-order valence-electron chi connectivity index (χ0n) is 12.4. The first-order valence-electron chi connectivity index (χ1n) is 7.58. The van der Waals surface area contributed by atoms with Crippen molar-refractivity contribution >= 4 is 5.91 Å². The van der Waals surface area contributed by atoms with Crippen LogP contribution in [-0.2, 0) is 4.79 Å². The molecule has 2 aliphatic rings. The molecule has 1 fully saturated rings. The Kier molecular flexibility index (Phi) is 4.29. The van der Waals surface area contributed by atoms with E-state index >= 15 is 0 Å². The predicted molar refractivity (Wildman–Crippen MR) is 79.6 cm³/mol. The van der Waals surface area contributed by atoms with Crippen molar-refractivity contribution in [1.82, 2.24) is 10.2 Å².